The van der Waals surface area contributed by atoms with Crippen LogP contribution in [0.3, 0.4) is 0 Å². The third kappa shape index (κ3) is 3.08. The van der Waals surface area contributed by atoms with Gasteiger partial charge in [-0.2, -0.15) is 0 Å². The van der Waals surface area contributed by atoms with Gasteiger partial charge < -0.3 is 9.47 Å². The van der Waals surface area contributed by atoms with E-state index in [4.69, 9.17) is 9.47 Å². The number of ether oxygens (including phenoxy) is 2. The maximum Gasteiger partial charge on any atom is 0.262 e. The summed E-state index contributed by atoms with van der Waals surface area (Å²) in [6, 6.07) is 1.89. The molecule has 0 unspecified atom stereocenters. The molecule has 0 saturated heterocycles. The van der Waals surface area contributed by atoms with Crippen LogP contribution in [0, 0.1) is 13.8 Å². The fourth-order valence-corrected chi connectivity index (χ4v) is 3.04. The monoisotopic (exact) mass is 296 g/mol. The minimum Gasteiger partial charge on any atom is -0.351 e. The van der Waals surface area contributed by atoms with Crippen LogP contribution in [0.25, 0.3) is 10.2 Å². The van der Waals surface area contributed by atoms with Gasteiger partial charge in [-0.1, -0.05) is 0 Å². The van der Waals surface area contributed by atoms with E-state index < -0.39 is 6.29 Å². The number of aromatic nitrogens is 2. The van der Waals surface area contributed by atoms with E-state index in [1.54, 1.807) is 15.9 Å². The zero-order valence-electron chi connectivity index (χ0n) is 12.3. The average Bonchev–Trinajstić information content (AvgIpc) is 2.75. The van der Waals surface area contributed by atoms with E-state index in [2.05, 4.69) is 4.98 Å². The molecule has 0 aliphatic heterocycles. The molecule has 0 N–H and O–H groups in total. The van der Waals surface area contributed by atoms with Crippen LogP contribution in [-0.2, 0) is 16.0 Å². The lowest BCUT2D eigenvalue weighted by atomic mass is 10.3. The van der Waals surface area contributed by atoms with Crippen molar-refractivity contribution in [3.63, 3.8) is 0 Å². The molecule has 0 aliphatic rings. The first-order valence-electron chi connectivity index (χ1n) is 6.77. The minimum absolute atomic E-state index is 0.0266. The Morgan fingerprint density at radius 3 is 2.55 bits per heavy atom. The van der Waals surface area contributed by atoms with Gasteiger partial charge in [0, 0.05) is 18.1 Å². The van der Waals surface area contributed by atoms with Gasteiger partial charge in [-0.25, -0.2) is 4.98 Å². The van der Waals surface area contributed by atoms with Crippen molar-refractivity contribution in [2.24, 2.45) is 0 Å². The van der Waals surface area contributed by atoms with Gasteiger partial charge in [0.05, 0.1) is 11.9 Å². The molecule has 0 aromatic carbocycles. The zero-order valence-corrected chi connectivity index (χ0v) is 13.1. The molecule has 2 heterocycles. The summed E-state index contributed by atoms with van der Waals surface area (Å²) in [5.41, 5.74) is -0.0266. The Kier molecular flexibility index (Phi) is 4.91. The largest absolute Gasteiger partial charge is 0.351 e. The molecular formula is C14H20N2O3S. The molecule has 2 aromatic heterocycles. The van der Waals surface area contributed by atoms with Crippen LogP contribution in [0.15, 0.2) is 10.9 Å². The molecule has 2 aromatic rings. The van der Waals surface area contributed by atoms with Crippen molar-refractivity contribution in [1.82, 2.24) is 9.55 Å². The third-order valence-electron chi connectivity index (χ3n) is 3.00. The lowest BCUT2D eigenvalue weighted by Crippen LogP contribution is -2.32. The molecule has 20 heavy (non-hydrogen) atoms. The Bertz CT molecular complexity index is 642. The molecule has 110 valence electrons. The molecule has 2 rings (SSSR count). The highest BCUT2D eigenvalue weighted by Gasteiger charge is 2.15. The van der Waals surface area contributed by atoms with Crippen LogP contribution < -0.4 is 5.56 Å². The molecule has 0 atom stereocenters. The van der Waals surface area contributed by atoms with E-state index in [-0.39, 0.29) is 5.56 Å². The van der Waals surface area contributed by atoms with Gasteiger partial charge in [-0.05, 0) is 33.8 Å². The number of rotatable bonds is 6. The van der Waals surface area contributed by atoms with Crippen molar-refractivity contribution < 1.29 is 9.47 Å². The number of thiophene rings is 1. The van der Waals surface area contributed by atoms with E-state index in [0.717, 1.165) is 9.71 Å². The van der Waals surface area contributed by atoms with Gasteiger partial charge in [0.25, 0.3) is 5.56 Å². The molecule has 0 radical (unpaired) electrons. The average molecular weight is 296 g/mol. The van der Waals surface area contributed by atoms with Gasteiger partial charge in [-0.15, -0.1) is 11.3 Å². The second kappa shape index (κ2) is 6.47. The maximum atomic E-state index is 12.5. The zero-order chi connectivity index (χ0) is 14.7. The fraction of sp³-hybridized carbons (Fsp3) is 0.571. The van der Waals surface area contributed by atoms with E-state index in [0.29, 0.717) is 31.0 Å². The summed E-state index contributed by atoms with van der Waals surface area (Å²) >= 11 is 1.54. The van der Waals surface area contributed by atoms with Gasteiger partial charge in [-0.3, -0.25) is 9.36 Å². The molecular weight excluding hydrogens is 276 g/mol. The Hall–Kier alpha value is -1.24. The van der Waals surface area contributed by atoms with E-state index in [1.165, 1.54) is 0 Å². The van der Waals surface area contributed by atoms with Crippen LogP contribution in [0.1, 0.15) is 24.5 Å². The van der Waals surface area contributed by atoms with Crippen molar-refractivity contribution in [1.29, 1.82) is 0 Å². The SMILES string of the molecule is CCOC(Cn1c(C)nc2sc(C)cc2c1=O)OCC. The van der Waals surface area contributed by atoms with Crippen LogP contribution in [0.4, 0.5) is 0 Å². The molecule has 0 amide bonds. The second-order valence-electron chi connectivity index (χ2n) is 4.49. The quantitative estimate of drug-likeness (QED) is 0.768. The highest BCUT2D eigenvalue weighted by atomic mass is 32.1. The van der Waals surface area contributed by atoms with E-state index >= 15 is 0 Å². The van der Waals surface area contributed by atoms with Crippen LogP contribution >= 0.6 is 11.3 Å². The van der Waals surface area contributed by atoms with Gasteiger partial charge in [0.15, 0.2) is 6.29 Å². The normalized spacial score (nSPS) is 11.7. The second-order valence-corrected chi connectivity index (χ2v) is 5.73. The Morgan fingerprint density at radius 2 is 1.95 bits per heavy atom. The molecule has 6 heteroatoms. The van der Waals surface area contributed by atoms with E-state index in [9.17, 15) is 4.79 Å². The number of hydrogen-bond donors (Lipinski definition) is 0. The highest BCUT2D eigenvalue weighted by molar-refractivity contribution is 7.18. The summed E-state index contributed by atoms with van der Waals surface area (Å²) in [5.74, 6) is 0.689. The van der Waals surface area contributed by atoms with Crippen molar-refractivity contribution in [3.05, 3.63) is 27.1 Å². The number of nitrogens with zero attached hydrogens (tertiary/aromatic N) is 2. The molecule has 0 aliphatic carbocycles. The standard InChI is InChI=1S/C14H20N2O3S/c1-5-18-12(19-6-2)8-16-10(4)15-13-11(14(16)17)7-9(3)20-13/h7,12H,5-6,8H2,1-4H3. The van der Waals surface area contributed by atoms with Crippen LogP contribution in [-0.4, -0.2) is 29.1 Å². The highest BCUT2D eigenvalue weighted by Crippen LogP contribution is 2.20. The Balaban J connectivity index is 2.40. The van der Waals surface area contributed by atoms with Crippen LogP contribution in [0.5, 0.6) is 0 Å². The Morgan fingerprint density at radius 1 is 1.30 bits per heavy atom. The number of aryl methyl sites for hydroxylation is 2. The fourth-order valence-electron chi connectivity index (χ4n) is 2.13. The summed E-state index contributed by atoms with van der Waals surface area (Å²) in [4.78, 5) is 18.9. The predicted octanol–water partition coefficient (Wildman–Crippen LogP) is 2.47. The molecule has 0 spiro atoms. The first-order valence-corrected chi connectivity index (χ1v) is 7.59. The van der Waals surface area contributed by atoms with Gasteiger partial charge >= 0.3 is 0 Å². The molecule has 5 nitrogen and oxygen atoms in total. The summed E-state index contributed by atoms with van der Waals surface area (Å²) in [6.45, 7) is 9.09. The summed E-state index contributed by atoms with van der Waals surface area (Å²) in [7, 11) is 0. The smallest absolute Gasteiger partial charge is 0.262 e. The van der Waals surface area contributed by atoms with Crippen molar-refractivity contribution in [2.45, 2.75) is 40.5 Å². The number of fused-ring (bicyclic) bond motifs is 1. The Labute approximate surface area is 122 Å². The first-order chi connectivity index (χ1) is 9.56. The van der Waals surface area contributed by atoms with Gasteiger partial charge in [0.2, 0.25) is 0 Å². The lowest BCUT2D eigenvalue weighted by Gasteiger charge is -2.19. The van der Waals surface area contributed by atoms with Crippen molar-refractivity contribution in [2.75, 3.05) is 13.2 Å². The summed E-state index contributed by atoms with van der Waals surface area (Å²) < 4.78 is 12.6. The van der Waals surface area contributed by atoms with Crippen molar-refractivity contribution in [3.8, 4) is 0 Å². The first kappa shape index (κ1) is 15.2. The van der Waals surface area contributed by atoms with E-state index in [1.807, 2.05) is 33.8 Å². The van der Waals surface area contributed by atoms with Gasteiger partial charge in [0.1, 0.15) is 10.7 Å². The molecule has 0 fully saturated rings. The van der Waals surface area contributed by atoms with Crippen LogP contribution in [0.2, 0.25) is 0 Å². The topological polar surface area (TPSA) is 53.4 Å². The van der Waals surface area contributed by atoms with Crippen molar-refractivity contribution >= 4 is 21.6 Å². The number of hydrogen-bond acceptors (Lipinski definition) is 5. The predicted molar refractivity (Wildman–Crippen MR) is 80.4 cm³/mol. The third-order valence-corrected chi connectivity index (χ3v) is 3.95. The summed E-state index contributed by atoms with van der Waals surface area (Å²) in [5, 5.41) is 0.671. The maximum absolute atomic E-state index is 12.5. The lowest BCUT2D eigenvalue weighted by molar-refractivity contribution is -0.144. The minimum atomic E-state index is -0.416. The molecule has 0 saturated carbocycles. The molecule has 0 bridgehead atoms. The summed E-state index contributed by atoms with van der Waals surface area (Å²) in [6.07, 6.45) is -0.416.